The Hall–Kier alpha value is -2.09. The van der Waals surface area contributed by atoms with Crippen LogP contribution in [0.15, 0.2) is 30.4 Å². The number of methoxy groups -OCH3 is 1. The predicted molar refractivity (Wildman–Crippen MR) is 102 cm³/mol. The molecule has 5 rings (SSSR count). The summed E-state index contributed by atoms with van der Waals surface area (Å²) in [7, 11) is 1.23. The summed E-state index contributed by atoms with van der Waals surface area (Å²) in [6.45, 7) is 3.57. The van der Waals surface area contributed by atoms with Gasteiger partial charge < -0.3 is 25.4 Å². The zero-order chi connectivity index (χ0) is 19.9. The van der Waals surface area contributed by atoms with Gasteiger partial charge in [-0.1, -0.05) is 25.1 Å². The maximum absolute atomic E-state index is 12.9. The van der Waals surface area contributed by atoms with Crippen LogP contribution in [0.1, 0.15) is 25.3 Å². The molecule has 4 N–H and O–H groups in total. The molecule has 7 heteroatoms. The highest BCUT2D eigenvalue weighted by molar-refractivity contribution is 5.85. The van der Waals surface area contributed by atoms with Gasteiger partial charge in [0.2, 0.25) is 5.60 Å². The van der Waals surface area contributed by atoms with Gasteiger partial charge in [-0.2, -0.15) is 0 Å². The minimum absolute atomic E-state index is 0.0711. The number of ether oxygens (including phenoxy) is 1. The highest BCUT2D eigenvalue weighted by Crippen LogP contribution is 2.65. The van der Waals surface area contributed by atoms with Gasteiger partial charge in [0.25, 0.3) is 0 Å². The van der Waals surface area contributed by atoms with E-state index in [1.807, 2.05) is 25.1 Å². The van der Waals surface area contributed by atoms with Crippen molar-refractivity contribution >= 4 is 11.7 Å². The lowest BCUT2D eigenvalue weighted by Gasteiger charge is -2.62. The summed E-state index contributed by atoms with van der Waals surface area (Å²) in [5.74, 6) is -0.721. The number of anilines is 1. The van der Waals surface area contributed by atoms with Crippen LogP contribution in [0.5, 0.6) is 5.75 Å². The molecule has 3 heterocycles. The number of rotatable bonds is 2. The number of nitrogens with one attached hydrogen (secondary N) is 1. The molecule has 1 saturated carbocycles. The van der Waals surface area contributed by atoms with E-state index in [4.69, 9.17) is 4.74 Å². The lowest BCUT2D eigenvalue weighted by atomic mass is 9.48. The second-order valence-electron chi connectivity index (χ2n) is 8.58. The van der Waals surface area contributed by atoms with Gasteiger partial charge in [0, 0.05) is 35.2 Å². The highest BCUT2D eigenvalue weighted by atomic mass is 16.5. The lowest BCUT2D eigenvalue weighted by Crippen LogP contribution is -2.79. The molecule has 1 spiro atoms. The van der Waals surface area contributed by atoms with Gasteiger partial charge in [0.05, 0.1) is 13.2 Å². The van der Waals surface area contributed by atoms with E-state index in [-0.39, 0.29) is 11.8 Å². The summed E-state index contributed by atoms with van der Waals surface area (Å²) >= 11 is 0. The zero-order valence-electron chi connectivity index (χ0n) is 16.1. The molecule has 28 heavy (non-hydrogen) atoms. The van der Waals surface area contributed by atoms with E-state index in [1.165, 1.54) is 7.11 Å². The summed E-state index contributed by atoms with van der Waals surface area (Å²) in [4.78, 5) is 15.3. The molecule has 0 bridgehead atoms. The van der Waals surface area contributed by atoms with Crippen LogP contribution < -0.4 is 5.32 Å². The molecule has 3 aliphatic heterocycles. The number of esters is 1. The van der Waals surface area contributed by atoms with Crippen molar-refractivity contribution in [3.05, 3.63) is 35.9 Å². The lowest BCUT2D eigenvalue weighted by molar-refractivity contribution is -0.215. The largest absolute Gasteiger partial charge is 0.508 e. The number of aromatic hydroxyl groups is 1. The number of nitrogens with zero attached hydrogens (tertiary/aromatic N) is 1. The second kappa shape index (κ2) is 5.49. The number of carbonyl (C=O) groups excluding carboxylic acids is 1. The molecule has 1 aliphatic carbocycles. The molecule has 1 saturated heterocycles. The summed E-state index contributed by atoms with van der Waals surface area (Å²) in [6, 6.07) is 4.34. The number of benzene rings is 1. The van der Waals surface area contributed by atoms with Gasteiger partial charge in [-0.05, 0) is 31.0 Å². The van der Waals surface area contributed by atoms with E-state index in [0.29, 0.717) is 12.1 Å². The molecule has 2 fully saturated rings. The van der Waals surface area contributed by atoms with E-state index in [1.54, 1.807) is 12.1 Å². The van der Waals surface area contributed by atoms with Crippen molar-refractivity contribution in [2.24, 2.45) is 5.41 Å². The van der Waals surface area contributed by atoms with Gasteiger partial charge in [0.15, 0.2) is 0 Å². The molecule has 7 nitrogen and oxygen atoms in total. The number of aliphatic hydroxyl groups is 2. The highest BCUT2D eigenvalue weighted by Gasteiger charge is 2.77. The normalized spacial score (nSPS) is 43.1. The van der Waals surface area contributed by atoms with Crippen molar-refractivity contribution in [3.8, 4) is 5.75 Å². The summed E-state index contributed by atoms with van der Waals surface area (Å²) in [5.41, 5.74) is -1.80. The maximum Gasteiger partial charge on any atom is 0.342 e. The third-order valence-electron chi connectivity index (χ3n) is 7.75. The van der Waals surface area contributed by atoms with Gasteiger partial charge >= 0.3 is 5.97 Å². The fraction of sp³-hybridized carbons (Fsp3) is 0.571. The third kappa shape index (κ3) is 1.74. The topological polar surface area (TPSA) is 102 Å². The molecule has 1 aromatic rings. The maximum atomic E-state index is 12.9. The van der Waals surface area contributed by atoms with E-state index in [2.05, 4.69) is 10.2 Å². The molecule has 6 atom stereocenters. The number of carbonyl (C=O) groups is 1. The predicted octanol–water partition coefficient (Wildman–Crippen LogP) is 0.743. The minimum atomic E-state index is -2.12. The first-order chi connectivity index (χ1) is 13.4. The van der Waals surface area contributed by atoms with Crippen LogP contribution in [0, 0.1) is 5.41 Å². The Morgan fingerprint density at radius 1 is 1.43 bits per heavy atom. The van der Waals surface area contributed by atoms with Crippen molar-refractivity contribution in [2.45, 2.75) is 49.0 Å². The van der Waals surface area contributed by atoms with Crippen LogP contribution in [0.3, 0.4) is 0 Å². The minimum Gasteiger partial charge on any atom is -0.508 e. The van der Waals surface area contributed by atoms with Crippen LogP contribution in [-0.2, 0) is 14.9 Å². The van der Waals surface area contributed by atoms with Gasteiger partial charge in [-0.25, -0.2) is 4.79 Å². The van der Waals surface area contributed by atoms with Gasteiger partial charge in [0.1, 0.15) is 11.9 Å². The van der Waals surface area contributed by atoms with Crippen molar-refractivity contribution in [3.63, 3.8) is 0 Å². The monoisotopic (exact) mass is 386 g/mol. The first-order valence-corrected chi connectivity index (χ1v) is 9.87. The Bertz CT molecular complexity index is 888. The zero-order valence-corrected chi connectivity index (χ0v) is 16.1. The van der Waals surface area contributed by atoms with E-state index in [0.717, 1.165) is 25.1 Å². The van der Waals surface area contributed by atoms with E-state index >= 15 is 0 Å². The Morgan fingerprint density at radius 3 is 2.93 bits per heavy atom. The Balaban J connectivity index is 1.83. The number of aliphatic hydroxyl groups excluding tert-OH is 1. The van der Waals surface area contributed by atoms with Crippen LogP contribution >= 0.6 is 0 Å². The summed E-state index contributed by atoms with van der Waals surface area (Å²) < 4.78 is 4.99. The average Bonchev–Trinajstić information content (AvgIpc) is 3.25. The second-order valence-corrected chi connectivity index (χ2v) is 8.58. The molecule has 0 aromatic heterocycles. The molecule has 4 aliphatic rings. The fourth-order valence-electron chi connectivity index (χ4n) is 6.72. The Kier molecular flexibility index (Phi) is 3.53. The SMILES string of the molecule is CC[C@]12C=CCN3CC[C@]4(c5ccc(O)cc5N[C@H]4[C@@](O)(C(=O)OC)[C@@H]1O)[C@@H]32. The van der Waals surface area contributed by atoms with Gasteiger partial charge in [-0.15, -0.1) is 0 Å². The summed E-state index contributed by atoms with van der Waals surface area (Å²) in [6.07, 6.45) is 4.01. The standard InChI is InChI=1S/C21H26N2O5/c1-3-19-7-4-9-23-10-8-20(16(19)23)13-6-5-12(24)11-14(13)22-15(20)21(27,17(19)25)18(26)28-2/h4-7,11,15-17,22,24-25,27H,3,8-10H2,1-2H3/t15-,16+,17-,19-,20-,21+/m1/s1. The molecule has 150 valence electrons. The molecule has 0 unspecified atom stereocenters. The molecular formula is C21H26N2O5. The smallest absolute Gasteiger partial charge is 0.342 e. The van der Waals surface area contributed by atoms with Gasteiger partial charge in [-0.3, -0.25) is 4.90 Å². The molecular weight excluding hydrogens is 360 g/mol. The first-order valence-electron chi connectivity index (χ1n) is 9.87. The van der Waals surface area contributed by atoms with Crippen LogP contribution in [0.4, 0.5) is 5.69 Å². The van der Waals surface area contributed by atoms with Crippen molar-refractivity contribution < 1.29 is 24.9 Å². The fourth-order valence-corrected chi connectivity index (χ4v) is 6.72. The van der Waals surface area contributed by atoms with Crippen LogP contribution in [-0.4, -0.2) is 70.2 Å². The molecule has 1 aromatic carbocycles. The van der Waals surface area contributed by atoms with Crippen LogP contribution in [0.2, 0.25) is 0 Å². The Labute approximate surface area is 163 Å². The van der Waals surface area contributed by atoms with E-state index < -0.39 is 34.5 Å². The molecule has 0 amide bonds. The average molecular weight is 386 g/mol. The van der Waals surface area contributed by atoms with E-state index in [9.17, 15) is 20.1 Å². The van der Waals surface area contributed by atoms with Crippen LogP contribution in [0.25, 0.3) is 0 Å². The van der Waals surface area contributed by atoms with Crippen molar-refractivity contribution in [2.75, 3.05) is 25.5 Å². The first kappa shape index (κ1) is 18.0. The Morgan fingerprint density at radius 2 is 2.21 bits per heavy atom. The number of phenolic OH excluding ortho intramolecular Hbond substituents is 1. The number of fused-ring (bicyclic) bond motifs is 1. The van der Waals surface area contributed by atoms with Crippen molar-refractivity contribution in [1.29, 1.82) is 0 Å². The number of hydrogen-bond donors (Lipinski definition) is 4. The number of hydrogen-bond acceptors (Lipinski definition) is 7. The summed E-state index contributed by atoms with van der Waals surface area (Å²) in [5, 5.41) is 36.5. The number of phenols is 1. The van der Waals surface area contributed by atoms with Crippen molar-refractivity contribution in [1.82, 2.24) is 4.90 Å². The third-order valence-corrected chi connectivity index (χ3v) is 7.75. The quantitative estimate of drug-likeness (QED) is 0.439. The molecule has 0 radical (unpaired) electrons.